The maximum absolute atomic E-state index is 12.5. The van der Waals surface area contributed by atoms with E-state index in [0.717, 1.165) is 11.3 Å². The molecule has 0 saturated heterocycles. The van der Waals surface area contributed by atoms with E-state index in [0.29, 0.717) is 4.31 Å². The van der Waals surface area contributed by atoms with Crippen molar-refractivity contribution >= 4 is 39.0 Å². The Morgan fingerprint density at radius 3 is 2.77 bits per heavy atom. The van der Waals surface area contributed by atoms with Gasteiger partial charge >= 0.3 is 12.0 Å². The van der Waals surface area contributed by atoms with Gasteiger partial charge in [0.05, 0.1) is 12.2 Å². The smallest absolute Gasteiger partial charge is 0.355 e. The highest BCUT2D eigenvalue weighted by Crippen LogP contribution is 2.31. The van der Waals surface area contributed by atoms with Crippen LogP contribution >= 0.6 is 11.3 Å². The average molecular weight is 339 g/mol. The second kappa shape index (κ2) is 5.07. The predicted molar refractivity (Wildman–Crippen MR) is 77.3 cm³/mol. The number of carbonyl (C=O) groups is 2. The molecule has 0 saturated carbocycles. The molecular weight excluding hydrogens is 330 g/mol. The molecule has 1 aromatic carbocycles. The molecule has 8 nitrogen and oxygen atoms in total. The molecule has 0 atom stereocenters. The van der Waals surface area contributed by atoms with Gasteiger partial charge in [0.1, 0.15) is 9.90 Å². The van der Waals surface area contributed by atoms with Gasteiger partial charge in [-0.2, -0.15) is 0 Å². The van der Waals surface area contributed by atoms with Gasteiger partial charge in [-0.3, -0.25) is 0 Å². The molecule has 2 N–H and O–H groups in total. The topological polar surface area (TPSA) is 117 Å². The van der Waals surface area contributed by atoms with Gasteiger partial charge in [0, 0.05) is 5.38 Å². The number of aromatic carboxylic acids is 1. The Morgan fingerprint density at radius 2 is 2.09 bits per heavy atom. The highest BCUT2D eigenvalue weighted by Gasteiger charge is 2.37. The number of hydrogen-bond donors (Lipinski definition) is 2. The van der Waals surface area contributed by atoms with E-state index in [2.05, 4.69) is 10.3 Å². The SMILES string of the molecule is O=C(O)c1csc(CN2C(=O)Nc3ccccc3S2(=O)=O)n1. The van der Waals surface area contributed by atoms with Crippen molar-refractivity contribution in [3.8, 4) is 0 Å². The first-order chi connectivity index (χ1) is 10.4. The van der Waals surface area contributed by atoms with Crippen LogP contribution in [0.25, 0.3) is 0 Å². The van der Waals surface area contributed by atoms with Gasteiger partial charge in [0.15, 0.2) is 5.69 Å². The van der Waals surface area contributed by atoms with E-state index in [9.17, 15) is 18.0 Å². The number of carboxylic acid groups (broad SMARTS) is 1. The first-order valence-electron chi connectivity index (χ1n) is 6.00. The number of benzene rings is 1. The van der Waals surface area contributed by atoms with Crippen molar-refractivity contribution < 1.29 is 23.1 Å². The van der Waals surface area contributed by atoms with Crippen LogP contribution in [-0.2, 0) is 16.6 Å². The second-order valence-corrected chi connectivity index (χ2v) is 7.14. The number of rotatable bonds is 3. The molecule has 10 heteroatoms. The molecular formula is C12H9N3O5S2. The Bertz CT molecular complexity index is 874. The maximum Gasteiger partial charge on any atom is 0.355 e. The van der Waals surface area contributed by atoms with Crippen LogP contribution in [0.1, 0.15) is 15.5 Å². The summed E-state index contributed by atoms with van der Waals surface area (Å²) in [6.07, 6.45) is 0. The fourth-order valence-corrected chi connectivity index (χ4v) is 4.24. The zero-order chi connectivity index (χ0) is 15.9. The first-order valence-corrected chi connectivity index (χ1v) is 8.32. The minimum absolute atomic E-state index is 0.00962. The molecule has 1 aliphatic heterocycles. The fourth-order valence-electron chi connectivity index (χ4n) is 1.96. The summed E-state index contributed by atoms with van der Waals surface area (Å²) in [5, 5.41) is 12.8. The lowest BCUT2D eigenvalue weighted by atomic mass is 10.3. The van der Waals surface area contributed by atoms with Crippen LogP contribution in [0.2, 0.25) is 0 Å². The third-order valence-corrected chi connectivity index (χ3v) is 5.59. The summed E-state index contributed by atoms with van der Waals surface area (Å²) in [4.78, 5) is 26.6. The molecule has 0 aliphatic carbocycles. The van der Waals surface area contributed by atoms with Crippen molar-refractivity contribution in [3.05, 3.63) is 40.3 Å². The van der Waals surface area contributed by atoms with Crippen LogP contribution in [0, 0.1) is 0 Å². The van der Waals surface area contributed by atoms with Crippen molar-refractivity contribution in [1.29, 1.82) is 0 Å². The molecule has 2 aromatic rings. The largest absolute Gasteiger partial charge is 0.476 e. The monoisotopic (exact) mass is 339 g/mol. The third kappa shape index (κ3) is 2.31. The Kier molecular flexibility index (Phi) is 3.34. The first kappa shape index (κ1) is 14.5. The van der Waals surface area contributed by atoms with Gasteiger partial charge < -0.3 is 10.4 Å². The van der Waals surface area contributed by atoms with Crippen LogP contribution in [-0.4, -0.2) is 34.8 Å². The molecule has 0 spiro atoms. The maximum atomic E-state index is 12.5. The number of amides is 2. The average Bonchev–Trinajstić information content (AvgIpc) is 2.92. The van der Waals surface area contributed by atoms with Crippen molar-refractivity contribution in [2.24, 2.45) is 0 Å². The molecule has 0 radical (unpaired) electrons. The van der Waals surface area contributed by atoms with E-state index in [1.54, 1.807) is 12.1 Å². The van der Waals surface area contributed by atoms with Gasteiger partial charge in [-0.15, -0.1) is 11.3 Å². The lowest BCUT2D eigenvalue weighted by Gasteiger charge is -2.27. The number of hydrogen-bond acceptors (Lipinski definition) is 6. The van der Waals surface area contributed by atoms with Crippen LogP contribution in [0.4, 0.5) is 10.5 Å². The number of sulfonamides is 1. The number of anilines is 1. The number of thiazole rings is 1. The zero-order valence-corrected chi connectivity index (χ0v) is 12.5. The van der Waals surface area contributed by atoms with Crippen LogP contribution < -0.4 is 5.32 Å². The number of para-hydroxylation sites is 1. The standard InChI is InChI=1S/C12H9N3O5S2/c16-11(17)8-6-21-10(13-8)5-15-12(18)14-7-3-1-2-4-9(7)22(15,19)20/h1-4,6H,5H2,(H,14,18)(H,16,17). The van der Waals surface area contributed by atoms with Crippen molar-refractivity contribution in [1.82, 2.24) is 9.29 Å². The van der Waals surface area contributed by atoms with Gasteiger partial charge in [0.2, 0.25) is 0 Å². The van der Waals surface area contributed by atoms with Gasteiger partial charge in [-0.25, -0.2) is 27.3 Å². The van der Waals surface area contributed by atoms with E-state index < -0.39 is 22.0 Å². The molecule has 3 rings (SSSR count). The summed E-state index contributed by atoms with van der Waals surface area (Å²) in [5.41, 5.74) is 0.0318. The molecule has 1 aliphatic rings. The third-order valence-electron chi connectivity index (χ3n) is 2.97. The van der Waals surface area contributed by atoms with Gasteiger partial charge in [-0.05, 0) is 12.1 Å². The second-order valence-electron chi connectivity index (χ2n) is 4.37. The molecule has 22 heavy (non-hydrogen) atoms. The molecule has 0 fully saturated rings. The van der Waals surface area contributed by atoms with E-state index in [1.165, 1.54) is 17.5 Å². The fraction of sp³-hybridized carbons (Fsp3) is 0.0833. The Labute approximate surface area is 129 Å². The molecule has 1 aromatic heterocycles. The summed E-state index contributed by atoms with van der Waals surface area (Å²) < 4.78 is 25.6. The lowest BCUT2D eigenvalue weighted by Crippen LogP contribution is -2.43. The number of urea groups is 1. The van der Waals surface area contributed by atoms with E-state index in [-0.39, 0.29) is 27.8 Å². The summed E-state index contributed by atoms with van der Waals surface area (Å²) in [5.74, 6) is -1.21. The van der Waals surface area contributed by atoms with E-state index in [1.807, 2.05) is 0 Å². The van der Waals surface area contributed by atoms with Crippen LogP contribution in [0.5, 0.6) is 0 Å². The van der Waals surface area contributed by atoms with Crippen molar-refractivity contribution in [2.75, 3.05) is 5.32 Å². The lowest BCUT2D eigenvalue weighted by molar-refractivity contribution is 0.0691. The van der Waals surface area contributed by atoms with E-state index >= 15 is 0 Å². The normalized spacial score (nSPS) is 16.0. The zero-order valence-electron chi connectivity index (χ0n) is 10.9. The van der Waals surface area contributed by atoms with Crippen molar-refractivity contribution in [2.45, 2.75) is 11.4 Å². The van der Waals surface area contributed by atoms with Crippen LogP contribution in [0.15, 0.2) is 34.5 Å². The number of nitrogens with zero attached hydrogens (tertiary/aromatic N) is 2. The molecule has 114 valence electrons. The molecule has 2 amide bonds. The number of aromatic nitrogens is 1. The van der Waals surface area contributed by atoms with E-state index in [4.69, 9.17) is 5.11 Å². The highest BCUT2D eigenvalue weighted by atomic mass is 32.2. The number of nitrogens with one attached hydrogen (secondary N) is 1. The Hall–Kier alpha value is -2.46. The molecule has 0 unspecified atom stereocenters. The minimum atomic E-state index is -4.00. The van der Waals surface area contributed by atoms with Gasteiger partial charge in [0.25, 0.3) is 10.0 Å². The highest BCUT2D eigenvalue weighted by molar-refractivity contribution is 7.90. The number of fused-ring (bicyclic) bond motifs is 1. The Morgan fingerprint density at radius 1 is 1.36 bits per heavy atom. The van der Waals surface area contributed by atoms with Gasteiger partial charge in [-0.1, -0.05) is 12.1 Å². The molecule has 2 heterocycles. The summed E-state index contributed by atoms with van der Waals surface area (Å²) in [7, 11) is -4.00. The predicted octanol–water partition coefficient (Wildman–Crippen LogP) is 1.58. The number of carbonyl (C=O) groups excluding carboxylic acids is 1. The van der Waals surface area contributed by atoms with Crippen LogP contribution in [0.3, 0.4) is 0 Å². The summed E-state index contributed by atoms with van der Waals surface area (Å²) in [6, 6.07) is 5.25. The quantitative estimate of drug-likeness (QED) is 0.877. The number of carboxylic acids is 1. The Balaban J connectivity index is 1.97. The minimum Gasteiger partial charge on any atom is -0.476 e. The molecule has 0 bridgehead atoms. The summed E-state index contributed by atoms with van der Waals surface area (Å²) >= 11 is 0.978. The summed E-state index contributed by atoms with van der Waals surface area (Å²) in [6.45, 7) is -0.319. The van der Waals surface area contributed by atoms with Crippen molar-refractivity contribution in [3.63, 3.8) is 0 Å².